The Kier molecular flexibility index (Phi) is 3.27. The predicted molar refractivity (Wildman–Crippen MR) is 79.8 cm³/mol. The van der Waals surface area contributed by atoms with Crippen LogP contribution in [-0.2, 0) is 12.5 Å². The number of imidazole rings is 1. The van der Waals surface area contributed by atoms with Crippen LogP contribution >= 0.6 is 11.6 Å². The van der Waals surface area contributed by atoms with Crippen LogP contribution in [0.3, 0.4) is 0 Å². The molecular weight excluding hydrogens is 258 g/mol. The molecule has 0 aliphatic carbocycles. The molecule has 1 aromatic carbocycles. The minimum absolute atomic E-state index is 0.197. The van der Waals surface area contributed by atoms with Crippen LogP contribution in [0.5, 0.6) is 0 Å². The van der Waals surface area contributed by atoms with Gasteiger partial charge in [0, 0.05) is 12.5 Å². The van der Waals surface area contributed by atoms with Crippen molar-refractivity contribution in [3.63, 3.8) is 0 Å². The Morgan fingerprint density at radius 3 is 2.74 bits per heavy atom. The van der Waals surface area contributed by atoms with E-state index in [1.54, 1.807) is 0 Å². The number of para-hydroxylation sites is 1. The molecule has 0 unspecified atom stereocenters. The lowest BCUT2D eigenvalue weighted by Gasteiger charge is -2.36. The lowest BCUT2D eigenvalue weighted by Crippen LogP contribution is -2.41. The second-order valence-electron chi connectivity index (χ2n) is 5.49. The van der Waals surface area contributed by atoms with E-state index < -0.39 is 0 Å². The number of aromatic nitrogens is 2. The maximum absolute atomic E-state index is 6.33. The van der Waals surface area contributed by atoms with Crippen LogP contribution in [-0.4, -0.2) is 22.6 Å². The number of fused-ring (bicyclic) bond motifs is 1. The molecule has 2 heterocycles. The zero-order chi connectivity index (χ0) is 13.5. The fourth-order valence-electron chi connectivity index (χ4n) is 3.34. The van der Waals surface area contributed by atoms with Gasteiger partial charge in [0.25, 0.3) is 0 Å². The Morgan fingerprint density at radius 1 is 1.37 bits per heavy atom. The van der Waals surface area contributed by atoms with Gasteiger partial charge in [0.15, 0.2) is 0 Å². The van der Waals surface area contributed by atoms with Gasteiger partial charge in [-0.2, -0.15) is 0 Å². The Morgan fingerprint density at radius 2 is 2.11 bits per heavy atom. The first-order chi connectivity index (χ1) is 9.18. The van der Waals surface area contributed by atoms with Crippen molar-refractivity contribution >= 4 is 22.6 Å². The molecule has 3 rings (SSSR count). The monoisotopic (exact) mass is 277 g/mol. The number of benzene rings is 1. The van der Waals surface area contributed by atoms with Gasteiger partial charge in [-0.3, -0.25) is 0 Å². The Hall–Kier alpha value is -1.06. The first-order valence-electron chi connectivity index (χ1n) is 7.00. The fourth-order valence-corrected chi connectivity index (χ4v) is 3.63. The molecule has 1 aliphatic heterocycles. The van der Waals surface area contributed by atoms with Crippen LogP contribution in [0.25, 0.3) is 11.0 Å². The molecule has 2 aromatic rings. The summed E-state index contributed by atoms with van der Waals surface area (Å²) in [5, 5.41) is 4.24. The summed E-state index contributed by atoms with van der Waals surface area (Å²) in [6.07, 6.45) is 3.43. The van der Waals surface area contributed by atoms with Crippen LogP contribution in [0.15, 0.2) is 18.2 Å². The van der Waals surface area contributed by atoms with Gasteiger partial charge in [-0.25, -0.2) is 4.98 Å². The Balaban J connectivity index is 2.19. The summed E-state index contributed by atoms with van der Waals surface area (Å²) >= 11 is 6.33. The number of nitrogens with one attached hydrogen (secondary N) is 1. The summed E-state index contributed by atoms with van der Waals surface area (Å²) in [5.74, 6) is 1.19. The molecule has 1 N–H and O–H groups in total. The molecule has 0 atom stereocenters. The van der Waals surface area contributed by atoms with Gasteiger partial charge in [-0.15, -0.1) is 0 Å². The van der Waals surface area contributed by atoms with Crippen LogP contribution in [0.4, 0.5) is 0 Å². The van der Waals surface area contributed by atoms with Crippen LogP contribution in [0.1, 0.15) is 32.0 Å². The minimum atomic E-state index is 0.197. The molecule has 0 saturated carbocycles. The number of aryl methyl sites for hydroxylation is 1. The second-order valence-corrected chi connectivity index (χ2v) is 5.89. The highest BCUT2D eigenvalue weighted by Crippen LogP contribution is 2.38. The molecule has 0 spiro atoms. The minimum Gasteiger partial charge on any atom is -0.329 e. The van der Waals surface area contributed by atoms with Crippen molar-refractivity contribution in [1.82, 2.24) is 14.9 Å². The highest BCUT2D eigenvalue weighted by atomic mass is 35.5. The predicted octanol–water partition coefficient (Wildman–Crippen LogP) is 3.26. The average molecular weight is 278 g/mol. The summed E-state index contributed by atoms with van der Waals surface area (Å²) in [7, 11) is 2.09. The van der Waals surface area contributed by atoms with Gasteiger partial charge in [-0.1, -0.05) is 24.6 Å². The van der Waals surface area contributed by atoms with E-state index in [0.29, 0.717) is 0 Å². The standard InChI is InChI=1S/C15H20ClN3/c1-3-15(7-9-17-10-8-15)14-18-12-6-4-5-11(16)13(12)19(14)2/h4-6,17H,3,7-10H2,1-2H3. The number of piperidine rings is 1. The van der Waals surface area contributed by atoms with Crippen molar-refractivity contribution in [3.8, 4) is 0 Å². The first-order valence-corrected chi connectivity index (χ1v) is 7.38. The first kappa shape index (κ1) is 12.9. The molecule has 1 saturated heterocycles. The molecule has 1 aromatic heterocycles. The number of rotatable bonds is 2. The van der Waals surface area contributed by atoms with E-state index in [4.69, 9.17) is 16.6 Å². The van der Waals surface area contributed by atoms with Crippen molar-refractivity contribution in [1.29, 1.82) is 0 Å². The summed E-state index contributed by atoms with van der Waals surface area (Å²) in [6, 6.07) is 5.97. The maximum atomic E-state index is 6.33. The average Bonchev–Trinajstić information content (AvgIpc) is 2.79. The van der Waals surface area contributed by atoms with Gasteiger partial charge >= 0.3 is 0 Å². The van der Waals surface area contributed by atoms with Gasteiger partial charge in [0.2, 0.25) is 0 Å². The quantitative estimate of drug-likeness (QED) is 0.913. The molecule has 4 heteroatoms. The van der Waals surface area contributed by atoms with Crippen LogP contribution in [0, 0.1) is 0 Å². The number of nitrogens with zero attached hydrogens (tertiary/aromatic N) is 2. The molecule has 0 bridgehead atoms. The van der Waals surface area contributed by atoms with Crippen molar-refractivity contribution in [3.05, 3.63) is 29.0 Å². The molecule has 102 valence electrons. The topological polar surface area (TPSA) is 29.9 Å². The molecule has 3 nitrogen and oxygen atoms in total. The lowest BCUT2D eigenvalue weighted by molar-refractivity contribution is 0.277. The van der Waals surface area contributed by atoms with Gasteiger partial charge in [0.1, 0.15) is 5.82 Å². The SMILES string of the molecule is CCC1(c2nc3cccc(Cl)c3n2C)CCNCC1. The molecular formula is C15H20ClN3. The third-order valence-corrected chi connectivity index (χ3v) is 4.86. The zero-order valence-corrected chi connectivity index (χ0v) is 12.3. The maximum Gasteiger partial charge on any atom is 0.115 e. The molecule has 1 fully saturated rings. The van der Waals surface area contributed by atoms with E-state index in [1.165, 1.54) is 5.82 Å². The van der Waals surface area contributed by atoms with E-state index in [2.05, 4.69) is 29.9 Å². The van der Waals surface area contributed by atoms with Gasteiger partial charge in [0.05, 0.1) is 16.1 Å². The Bertz CT molecular complexity index is 597. The van der Waals surface area contributed by atoms with E-state index in [-0.39, 0.29) is 5.41 Å². The molecule has 0 amide bonds. The molecule has 1 aliphatic rings. The van der Waals surface area contributed by atoms with Crippen LogP contribution < -0.4 is 5.32 Å². The van der Waals surface area contributed by atoms with E-state index in [1.807, 2.05) is 12.1 Å². The van der Waals surface area contributed by atoms with E-state index in [0.717, 1.165) is 48.4 Å². The molecule has 0 radical (unpaired) electrons. The molecule has 19 heavy (non-hydrogen) atoms. The van der Waals surface area contributed by atoms with E-state index >= 15 is 0 Å². The largest absolute Gasteiger partial charge is 0.329 e. The number of hydrogen-bond donors (Lipinski definition) is 1. The van der Waals surface area contributed by atoms with Gasteiger partial charge < -0.3 is 9.88 Å². The third-order valence-electron chi connectivity index (χ3n) is 4.56. The van der Waals surface area contributed by atoms with Crippen molar-refractivity contribution < 1.29 is 0 Å². The summed E-state index contributed by atoms with van der Waals surface area (Å²) < 4.78 is 2.20. The number of hydrogen-bond acceptors (Lipinski definition) is 2. The second kappa shape index (κ2) is 4.80. The van der Waals surface area contributed by atoms with Crippen LogP contribution in [0.2, 0.25) is 5.02 Å². The zero-order valence-electron chi connectivity index (χ0n) is 11.5. The van der Waals surface area contributed by atoms with Crippen molar-refractivity contribution in [2.45, 2.75) is 31.6 Å². The third kappa shape index (κ3) is 1.96. The van der Waals surface area contributed by atoms with E-state index in [9.17, 15) is 0 Å². The van der Waals surface area contributed by atoms with Gasteiger partial charge in [-0.05, 0) is 44.5 Å². The smallest absolute Gasteiger partial charge is 0.115 e. The summed E-state index contributed by atoms with van der Waals surface area (Å²) in [5.41, 5.74) is 2.27. The number of halogens is 1. The highest BCUT2D eigenvalue weighted by Gasteiger charge is 2.36. The Labute approximate surface area is 119 Å². The summed E-state index contributed by atoms with van der Waals surface area (Å²) in [6.45, 7) is 4.42. The normalized spacial score (nSPS) is 18.9. The summed E-state index contributed by atoms with van der Waals surface area (Å²) in [4.78, 5) is 4.89. The van der Waals surface area contributed by atoms with Crippen molar-refractivity contribution in [2.75, 3.05) is 13.1 Å². The fraction of sp³-hybridized carbons (Fsp3) is 0.533. The lowest BCUT2D eigenvalue weighted by atomic mass is 9.76. The highest BCUT2D eigenvalue weighted by molar-refractivity contribution is 6.35. The van der Waals surface area contributed by atoms with Crippen molar-refractivity contribution in [2.24, 2.45) is 7.05 Å².